The fourth-order valence-electron chi connectivity index (χ4n) is 4.80. The first-order valence-corrected chi connectivity index (χ1v) is 11.8. The summed E-state index contributed by atoms with van der Waals surface area (Å²) < 4.78 is 26.6. The first-order chi connectivity index (χ1) is 16.1. The summed E-state index contributed by atoms with van der Waals surface area (Å²) >= 11 is 0. The van der Waals surface area contributed by atoms with Crippen molar-refractivity contribution in [3.63, 3.8) is 0 Å². The van der Waals surface area contributed by atoms with Crippen molar-refractivity contribution >= 4 is 11.7 Å². The largest absolute Gasteiger partial charge is 0.353 e. The molecule has 3 aliphatic rings. The molecule has 0 bridgehead atoms. The van der Waals surface area contributed by atoms with Crippen molar-refractivity contribution in [1.82, 2.24) is 24.7 Å². The molecular formula is C24H30F2N6O. The summed E-state index contributed by atoms with van der Waals surface area (Å²) in [6.45, 7) is 7.28. The molecule has 2 aromatic rings. The monoisotopic (exact) mass is 456 g/mol. The average Bonchev–Trinajstić information content (AvgIpc) is 2.81. The topological polar surface area (TPSA) is 55.8 Å². The molecule has 5 rings (SSSR count). The Kier molecular flexibility index (Phi) is 6.50. The average molecular weight is 457 g/mol. The minimum atomic E-state index is -0.899. The number of hydrogen-bond acceptors (Lipinski definition) is 6. The minimum absolute atomic E-state index is 0.229. The van der Waals surface area contributed by atoms with Gasteiger partial charge in [0.2, 0.25) is 5.91 Å². The van der Waals surface area contributed by atoms with E-state index in [1.165, 1.54) is 25.3 Å². The summed E-state index contributed by atoms with van der Waals surface area (Å²) in [5.74, 6) is -0.799. The second kappa shape index (κ2) is 9.69. The number of aromatic nitrogens is 2. The molecule has 1 aromatic carbocycles. The molecule has 2 aliphatic heterocycles. The Morgan fingerprint density at radius 3 is 2.27 bits per heavy atom. The van der Waals surface area contributed by atoms with E-state index in [4.69, 9.17) is 0 Å². The van der Waals surface area contributed by atoms with Gasteiger partial charge < -0.3 is 9.80 Å². The van der Waals surface area contributed by atoms with E-state index in [9.17, 15) is 13.6 Å². The summed E-state index contributed by atoms with van der Waals surface area (Å²) in [5, 5.41) is 0. The molecule has 0 atom stereocenters. The fraction of sp³-hybridized carbons (Fsp3) is 0.542. The van der Waals surface area contributed by atoms with Crippen molar-refractivity contribution in [2.75, 3.05) is 63.8 Å². The lowest BCUT2D eigenvalue weighted by atomic mass is 9.91. The van der Waals surface area contributed by atoms with Gasteiger partial charge in [0.15, 0.2) is 11.6 Å². The third-order valence-corrected chi connectivity index (χ3v) is 7.17. The number of carbonyl (C=O) groups is 1. The molecule has 0 N–H and O–H groups in total. The molecule has 176 valence electrons. The first-order valence-electron chi connectivity index (χ1n) is 11.8. The lowest BCUT2D eigenvalue weighted by molar-refractivity contribution is -0.134. The van der Waals surface area contributed by atoms with Gasteiger partial charge in [0.05, 0.1) is 24.6 Å². The Bertz CT molecular complexity index is 967. The molecule has 33 heavy (non-hydrogen) atoms. The maximum absolute atomic E-state index is 13.5. The van der Waals surface area contributed by atoms with Crippen LogP contribution in [0, 0.1) is 11.6 Å². The number of carbonyl (C=O) groups excluding carboxylic acids is 1. The highest BCUT2D eigenvalue weighted by Crippen LogP contribution is 2.25. The number of halogens is 2. The highest BCUT2D eigenvalue weighted by molar-refractivity contribution is 5.78. The number of amides is 1. The van der Waals surface area contributed by atoms with Crippen LogP contribution in [0.2, 0.25) is 0 Å². The van der Waals surface area contributed by atoms with Gasteiger partial charge in [0.25, 0.3) is 0 Å². The normalized spacial score (nSPS) is 20.7. The standard InChI is InChI=1S/C24H30F2N6O/c25-20-5-4-18(14-21(20)26)22-15-28-23(16-27-22)31-8-6-29(7-9-31)17-24(33)32-12-10-30(11-13-32)19-2-1-3-19/h4-5,14-16,19H,1-3,6-13,17H2. The molecule has 2 saturated heterocycles. The summed E-state index contributed by atoms with van der Waals surface area (Å²) in [7, 11) is 0. The number of rotatable bonds is 5. The molecule has 7 nitrogen and oxygen atoms in total. The van der Waals surface area contributed by atoms with Gasteiger partial charge in [-0.3, -0.25) is 19.6 Å². The Morgan fingerprint density at radius 2 is 1.67 bits per heavy atom. The van der Waals surface area contributed by atoms with Crippen LogP contribution >= 0.6 is 0 Å². The summed E-state index contributed by atoms with van der Waals surface area (Å²) in [6.07, 6.45) is 7.23. The first kappa shape index (κ1) is 22.2. The molecule has 0 unspecified atom stereocenters. The smallest absolute Gasteiger partial charge is 0.236 e. The van der Waals surface area contributed by atoms with E-state index in [1.54, 1.807) is 12.4 Å². The summed E-state index contributed by atoms with van der Waals surface area (Å²) in [4.78, 5) is 30.5. The maximum atomic E-state index is 13.5. The van der Waals surface area contributed by atoms with Crippen LogP contribution < -0.4 is 4.90 Å². The van der Waals surface area contributed by atoms with Gasteiger partial charge in [0.1, 0.15) is 5.82 Å². The molecule has 1 saturated carbocycles. The van der Waals surface area contributed by atoms with Crippen molar-refractivity contribution in [2.45, 2.75) is 25.3 Å². The van der Waals surface area contributed by atoms with Crippen molar-refractivity contribution < 1.29 is 13.6 Å². The van der Waals surface area contributed by atoms with E-state index < -0.39 is 11.6 Å². The molecule has 1 amide bonds. The quantitative estimate of drug-likeness (QED) is 0.688. The van der Waals surface area contributed by atoms with Gasteiger partial charge in [-0.2, -0.15) is 0 Å². The highest BCUT2D eigenvalue weighted by Gasteiger charge is 2.30. The van der Waals surface area contributed by atoms with E-state index in [0.717, 1.165) is 76.4 Å². The molecule has 3 heterocycles. The Balaban J connectivity index is 1.09. The third-order valence-electron chi connectivity index (χ3n) is 7.17. The van der Waals surface area contributed by atoms with Gasteiger partial charge in [-0.1, -0.05) is 6.42 Å². The summed E-state index contributed by atoms with van der Waals surface area (Å²) in [6, 6.07) is 4.46. The van der Waals surface area contributed by atoms with Gasteiger partial charge in [-0.15, -0.1) is 0 Å². The Morgan fingerprint density at radius 1 is 0.909 bits per heavy atom. The van der Waals surface area contributed by atoms with E-state index in [0.29, 0.717) is 17.8 Å². The van der Waals surface area contributed by atoms with Crippen molar-refractivity contribution in [2.24, 2.45) is 0 Å². The third kappa shape index (κ3) is 4.99. The van der Waals surface area contributed by atoms with Crippen molar-refractivity contribution in [3.8, 4) is 11.3 Å². The molecule has 3 fully saturated rings. The number of hydrogen-bond donors (Lipinski definition) is 0. The molecular weight excluding hydrogens is 426 g/mol. The van der Waals surface area contributed by atoms with Crippen molar-refractivity contribution in [1.29, 1.82) is 0 Å². The van der Waals surface area contributed by atoms with Crippen LogP contribution in [0.15, 0.2) is 30.6 Å². The number of nitrogens with zero attached hydrogens (tertiary/aromatic N) is 6. The van der Waals surface area contributed by atoms with Gasteiger partial charge >= 0.3 is 0 Å². The molecule has 1 aliphatic carbocycles. The zero-order valence-corrected chi connectivity index (χ0v) is 18.8. The Hall–Kier alpha value is -2.65. The summed E-state index contributed by atoms with van der Waals surface area (Å²) in [5.41, 5.74) is 0.990. The van der Waals surface area contributed by atoms with Gasteiger partial charge in [-0.25, -0.2) is 13.8 Å². The maximum Gasteiger partial charge on any atom is 0.236 e. The minimum Gasteiger partial charge on any atom is -0.353 e. The van der Waals surface area contributed by atoms with E-state index in [-0.39, 0.29) is 5.91 Å². The van der Waals surface area contributed by atoms with Crippen LogP contribution in [-0.4, -0.2) is 95.5 Å². The van der Waals surface area contributed by atoms with E-state index in [2.05, 4.69) is 24.7 Å². The Labute approximate surface area is 193 Å². The predicted molar refractivity (Wildman–Crippen MR) is 122 cm³/mol. The van der Waals surface area contributed by atoms with Crippen molar-refractivity contribution in [3.05, 3.63) is 42.2 Å². The van der Waals surface area contributed by atoms with Crippen LogP contribution in [-0.2, 0) is 4.79 Å². The lowest BCUT2D eigenvalue weighted by Gasteiger charge is -2.43. The van der Waals surface area contributed by atoms with Gasteiger partial charge in [-0.05, 0) is 31.0 Å². The molecule has 0 radical (unpaired) electrons. The lowest BCUT2D eigenvalue weighted by Crippen LogP contribution is -2.56. The molecule has 1 aromatic heterocycles. The second-order valence-electron chi connectivity index (χ2n) is 9.15. The predicted octanol–water partition coefficient (Wildman–Crippen LogP) is 2.24. The second-order valence-corrected chi connectivity index (χ2v) is 9.15. The number of anilines is 1. The van der Waals surface area contributed by atoms with Crippen LogP contribution in [0.1, 0.15) is 19.3 Å². The number of benzene rings is 1. The highest BCUT2D eigenvalue weighted by atomic mass is 19.2. The zero-order chi connectivity index (χ0) is 22.8. The molecule has 0 spiro atoms. The SMILES string of the molecule is O=C(CN1CCN(c2cnc(-c3ccc(F)c(F)c3)cn2)CC1)N1CCN(C2CCC2)CC1. The van der Waals surface area contributed by atoms with Crippen LogP contribution in [0.5, 0.6) is 0 Å². The van der Waals surface area contributed by atoms with Crippen LogP contribution in [0.3, 0.4) is 0 Å². The van der Waals surface area contributed by atoms with Crippen LogP contribution in [0.25, 0.3) is 11.3 Å². The fourth-order valence-corrected chi connectivity index (χ4v) is 4.80. The van der Waals surface area contributed by atoms with E-state index in [1.807, 2.05) is 4.90 Å². The van der Waals surface area contributed by atoms with Crippen LogP contribution in [0.4, 0.5) is 14.6 Å². The number of piperazine rings is 2. The van der Waals surface area contributed by atoms with Gasteiger partial charge in [0, 0.05) is 64.0 Å². The molecule has 9 heteroatoms. The zero-order valence-electron chi connectivity index (χ0n) is 18.8. The van der Waals surface area contributed by atoms with E-state index >= 15 is 0 Å².